The zero-order valence-electron chi connectivity index (χ0n) is 28.9. The molecule has 0 aliphatic carbocycles. The number of Topliss-reactive ketones (excluding diaryl/α,β-unsaturated/α-hetero) is 1. The number of fused-ring (bicyclic) bond motifs is 5. The molecule has 4 aromatic carbocycles. The topological polar surface area (TPSA) is 143 Å². The number of methoxy groups -OCH3 is 1. The highest BCUT2D eigenvalue weighted by atomic mass is 16.4. The Morgan fingerprint density at radius 2 is 1.30 bits per heavy atom. The predicted octanol–water partition coefficient (Wildman–Crippen LogP) is 4.09. The largest absolute Gasteiger partial charge is 0.388 e. The number of amides is 4. The molecule has 1 aliphatic rings. The van der Waals surface area contributed by atoms with Crippen LogP contribution in [0.5, 0.6) is 0 Å². The van der Waals surface area contributed by atoms with Gasteiger partial charge >= 0.3 is 0 Å². The lowest BCUT2D eigenvalue weighted by Gasteiger charge is -2.19. The smallest absolute Gasteiger partial charge is 0.289 e. The summed E-state index contributed by atoms with van der Waals surface area (Å²) in [6, 6.07) is 34.3. The fourth-order valence-corrected chi connectivity index (χ4v) is 4.95. The first-order chi connectivity index (χ1) is 24.2. The van der Waals surface area contributed by atoms with Crippen molar-refractivity contribution in [2.24, 2.45) is 0 Å². The molecular weight excluding hydrogens is 632 g/mol. The van der Waals surface area contributed by atoms with Gasteiger partial charge in [-0.1, -0.05) is 115 Å². The van der Waals surface area contributed by atoms with Crippen LogP contribution in [-0.2, 0) is 48.1 Å². The first-order valence-electron chi connectivity index (χ1n) is 16.5. The molecule has 4 aromatic rings. The van der Waals surface area contributed by atoms with Crippen molar-refractivity contribution in [2.75, 3.05) is 27.3 Å². The van der Waals surface area contributed by atoms with Gasteiger partial charge in [0, 0.05) is 27.2 Å². The second-order valence-electron chi connectivity index (χ2n) is 11.7. The molecule has 5 rings (SSSR count). The molecule has 0 saturated carbocycles. The molecule has 4 bridgehead atoms. The summed E-state index contributed by atoms with van der Waals surface area (Å²) in [6.45, 7) is 1.49. The van der Waals surface area contributed by atoms with E-state index in [-0.39, 0.29) is 31.8 Å². The molecule has 1 heterocycles. The van der Waals surface area contributed by atoms with Crippen LogP contribution in [0.15, 0.2) is 109 Å². The van der Waals surface area contributed by atoms with Crippen LogP contribution < -0.4 is 21.3 Å². The summed E-state index contributed by atoms with van der Waals surface area (Å²) in [5.41, 5.74) is 6.20. The van der Waals surface area contributed by atoms with Gasteiger partial charge < -0.3 is 26.0 Å². The zero-order valence-corrected chi connectivity index (χ0v) is 28.9. The summed E-state index contributed by atoms with van der Waals surface area (Å²) in [7, 11) is 3.25. The van der Waals surface area contributed by atoms with E-state index in [0.29, 0.717) is 12.8 Å². The van der Waals surface area contributed by atoms with Crippen molar-refractivity contribution in [2.45, 2.75) is 45.2 Å². The van der Waals surface area contributed by atoms with Crippen LogP contribution in [0.4, 0.5) is 0 Å². The Morgan fingerprint density at radius 3 is 1.88 bits per heavy atom. The van der Waals surface area contributed by atoms with Crippen LogP contribution in [0.3, 0.4) is 0 Å². The third kappa shape index (κ3) is 14.2. The molecule has 1 aliphatic heterocycles. The molecule has 0 saturated heterocycles. The van der Waals surface area contributed by atoms with Gasteiger partial charge in [0.25, 0.3) is 5.91 Å². The molecule has 10 nitrogen and oxygen atoms in total. The van der Waals surface area contributed by atoms with Crippen LogP contribution in [-0.4, -0.2) is 62.8 Å². The summed E-state index contributed by atoms with van der Waals surface area (Å²) in [4.78, 5) is 62.4. The maximum Gasteiger partial charge on any atom is 0.289 e. The van der Waals surface area contributed by atoms with Crippen LogP contribution in [0.1, 0.15) is 35.1 Å². The third-order valence-electron chi connectivity index (χ3n) is 7.56. The molecule has 1 unspecified atom stereocenters. The van der Waals surface area contributed by atoms with Crippen molar-refractivity contribution < 1.29 is 28.7 Å². The van der Waals surface area contributed by atoms with Gasteiger partial charge in [0.2, 0.25) is 23.5 Å². The van der Waals surface area contributed by atoms with Crippen LogP contribution in [0, 0.1) is 6.92 Å². The summed E-state index contributed by atoms with van der Waals surface area (Å²) in [6.07, 6.45) is 1.47. The van der Waals surface area contributed by atoms with E-state index >= 15 is 0 Å². The number of benzene rings is 4. The molecule has 0 fully saturated rings. The second kappa shape index (κ2) is 21.4. The molecule has 0 aromatic heterocycles. The fourth-order valence-electron chi connectivity index (χ4n) is 4.95. The summed E-state index contributed by atoms with van der Waals surface area (Å²) < 4.78 is 4.25. The molecule has 0 spiro atoms. The minimum absolute atomic E-state index is 0.188. The Hall–Kier alpha value is -5.61. The number of nitrogens with one attached hydrogen (secondary N) is 4. The van der Waals surface area contributed by atoms with Crippen LogP contribution in [0.25, 0.3) is 11.1 Å². The Labute approximate surface area is 294 Å². The van der Waals surface area contributed by atoms with Gasteiger partial charge in [-0.3, -0.25) is 24.0 Å². The van der Waals surface area contributed by atoms with Gasteiger partial charge in [-0.05, 0) is 54.0 Å². The van der Waals surface area contributed by atoms with Crippen molar-refractivity contribution in [1.29, 1.82) is 0 Å². The molecular formula is C40H46N4O6. The van der Waals surface area contributed by atoms with Crippen molar-refractivity contribution in [3.05, 3.63) is 131 Å². The SMILES string of the molecule is COC.Cc1ccccc1.O=C1CCc2cccc(c2)-c2cccc(c2)CCC(C(=O)NCC(=O)C(=O)NCc2ccccc2)NC(=O)CN1. The maximum absolute atomic E-state index is 13.0. The fraction of sp³-hybridized carbons (Fsp3) is 0.275. The van der Waals surface area contributed by atoms with E-state index in [4.69, 9.17) is 0 Å². The third-order valence-corrected chi connectivity index (χ3v) is 7.56. The molecule has 0 radical (unpaired) electrons. The van der Waals surface area contributed by atoms with E-state index < -0.39 is 36.1 Å². The normalized spacial score (nSPS) is 14.2. The zero-order chi connectivity index (χ0) is 36.1. The number of carbonyl (C=O) groups excluding carboxylic acids is 5. The number of hydrogen-bond donors (Lipinski definition) is 4. The molecule has 4 amide bonds. The highest BCUT2D eigenvalue weighted by Crippen LogP contribution is 2.23. The van der Waals surface area contributed by atoms with Gasteiger partial charge in [0.15, 0.2) is 0 Å². The minimum atomic E-state index is -0.968. The van der Waals surface area contributed by atoms with E-state index in [0.717, 1.165) is 27.8 Å². The first kappa shape index (κ1) is 38.8. The van der Waals surface area contributed by atoms with E-state index in [1.54, 1.807) is 14.2 Å². The Morgan fingerprint density at radius 1 is 0.720 bits per heavy atom. The second-order valence-corrected chi connectivity index (χ2v) is 11.7. The van der Waals surface area contributed by atoms with Crippen molar-refractivity contribution >= 4 is 29.4 Å². The van der Waals surface area contributed by atoms with Gasteiger partial charge in [0.1, 0.15) is 6.04 Å². The van der Waals surface area contributed by atoms with Gasteiger partial charge in [-0.25, -0.2) is 0 Å². The molecule has 1 atom stereocenters. The van der Waals surface area contributed by atoms with Gasteiger partial charge in [-0.2, -0.15) is 0 Å². The standard InChI is InChI=1S/C31H32N4O5.C7H8.C2H6O/c36-27(31(40)33-18-23-6-2-1-3-7-23)19-34-30(39)26-14-12-21-8-4-10-24(16-21)25-11-5-9-22(17-25)13-15-28(37)32-20-29(38)35-26;1-7-5-3-2-4-6-7;1-3-2/h1-11,16-17,26H,12-15,18-20H2,(H,32,37)(H,33,40)(H,34,39)(H,35,38);2-6H,1H3;1-2H3. The molecule has 262 valence electrons. The molecule has 10 heteroatoms. The number of ether oxygens (including phenoxy) is 1. The lowest BCUT2D eigenvalue weighted by molar-refractivity contribution is -0.138. The van der Waals surface area contributed by atoms with Crippen molar-refractivity contribution in [3.63, 3.8) is 0 Å². The van der Waals surface area contributed by atoms with E-state index in [9.17, 15) is 24.0 Å². The summed E-state index contributed by atoms with van der Waals surface area (Å²) >= 11 is 0. The van der Waals surface area contributed by atoms with Crippen molar-refractivity contribution in [3.8, 4) is 11.1 Å². The van der Waals surface area contributed by atoms with Crippen LogP contribution >= 0.6 is 0 Å². The summed E-state index contributed by atoms with van der Waals surface area (Å²) in [5, 5.41) is 10.3. The Kier molecular flexibility index (Phi) is 16.6. The van der Waals surface area contributed by atoms with Crippen LogP contribution in [0.2, 0.25) is 0 Å². The van der Waals surface area contributed by atoms with Crippen molar-refractivity contribution in [1.82, 2.24) is 21.3 Å². The lowest BCUT2D eigenvalue weighted by atomic mass is 9.97. The summed E-state index contributed by atoms with van der Waals surface area (Å²) in [5.74, 6) is -3.00. The van der Waals surface area contributed by atoms with Gasteiger partial charge in [-0.15, -0.1) is 0 Å². The number of hydrogen-bond acceptors (Lipinski definition) is 6. The quantitative estimate of drug-likeness (QED) is 0.227. The maximum atomic E-state index is 13.0. The number of aryl methyl sites for hydroxylation is 3. The molecule has 4 N–H and O–H groups in total. The monoisotopic (exact) mass is 678 g/mol. The average molecular weight is 679 g/mol. The lowest BCUT2D eigenvalue weighted by Crippen LogP contribution is -2.51. The highest BCUT2D eigenvalue weighted by molar-refractivity contribution is 6.37. The number of carbonyl (C=O) groups is 5. The van der Waals surface area contributed by atoms with E-state index in [1.807, 2.05) is 97.1 Å². The highest BCUT2D eigenvalue weighted by Gasteiger charge is 2.23. The van der Waals surface area contributed by atoms with Gasteiger partial charge in [0.05, 0.1) is 13.1 Å². The van der Waals surface area contributed by atoms with E-state index in [1.165, 1.54) is 5.56 Å². The Bertz CT molecular complexity index is 1690. The average Bonchev–Trinajstić information content (AvgIpc) is 3.14. The number of rotatable bonds is 6. The number of ketones is 1. The van der Waals surface area contributed by atoms with E-state index in [2.05, 4.69) is 45.1 Å². The Balaban J connectivity index is 0.000000586. The first-order valence-corrected chi connectivity index (χ1v) is 16.5. The minimum Gasteiger partial charge on any atom is -0.388 e. The predicted molar refractivity (Wildman–Crippen MR) is 194 cm³/mol. The molecule has 50 heavy (non-hydrogen) atoms.